The van der Waals surface area contributed by atoms with Crippen molar-refractivity contribution in [2.45, 2.75) is 12.7 Å². The molecule has 0 saturated carbocycles. The average molecular weight is 196 g/mol. The van der Waals surface area contributed by atoms with Gasteiger partial charge in [-0.05, 0) is 18.3 Å². The summed E-state index contributed by atoms with van der Waals surface area (Å²) in [6.45, 7) is 3.31. The first kappa shape index (κ1) is 9.14. The van der Waals surface area contributed by atoms with Crippen molar-refractivity contribution in [1.82, 2.24) is 0 Å². The van der Waals surface area contributed by atoms with Crippen LogP contribution < -0.4 is 5.30 Å². The van der Waals surface area contributed by atoms with Crippen molar-refractivity contribution in [2.75, 3.05) is 13.2 Å². The van der Waals surface area contributed by atoms with Gasteiger partial charge in [0.1, 0.15) is 0 Å². The summed E-state index contributed by atoms with van der Waals surface area (Å²) >= 11 is 0. The maximum absolute atomic E-state index is 5.55. The molecule has 0 spiro atoms. The van der Waals surface area contributed by atoms with E-state index in [0.29, 0.717) is 13.2 Å². The van der Waals surface area contributed by atoms with Crippen LogP contribution in [0.1, 0.15) is 12.5 Å². The molecule has 0 amide bonds. The Morgan fingerprint density at radius 2 is 2.00 bits per heavy atom. The molecule has 1 unspecified atom stereocenters. The first-order valence-electron chi connectivity index (χ1n) is 4.35. The third kappa shape index (κ3) is 1.76. The van der Waals surface area contributed by atoms with Crippen molar-refractivity contribution < 1.29 is 9.47 Å². The van der Waals surface area contributed by atoms with Crippen LogP contribution in [0.5, 0.6) is 0 Å². The molecule has 1 aromatic rings. The van der Waals surface area contributed by atoms with Crippen LogP contribution >= 0.6 is 9.24 Å². The summed E-state index contributed by atoms with van der Waals surface area (Å²) in [7, 11) is 2.67. The molecular formula is C10H13O2P. The molecule has 2 rings (SSSR count). The molecule has 1 aliphatic heterocycles. The predicted molar refractivity (Wildman–Crippen MR) is 55.0 cm³/mol. The first-order chi connectivity index (χ1) is 6.21. The maximum Gasteiger partial charge on any atom is 0.192 e. The van der Waals surface area contributed by atoms with E-state index in [9.17, 15) is 0 Å². The van der Waals surface area contributed by atoms with Crippen LogP contribution in [0.4, 0.5) is 0 Å². The minimum Gasteiger partial charge on any atom is -0.344 e. The van der Waals surface area contributed by atoms with Crippen LogP contribution in [0, 0.1) is 0 Å². The number of hydrogen-bond donors (Lipinski definition) is 0. The molecule has 1 fully saturated rings. The Morgan fingerprint density at radius 3 is 2.62 bits per heavy atom. The molecule has 1 aromatic carbocycles. The van der Waals surface area contributed by atoms with E-state index in [4.69, 9.17) is 9.47 Å². The van der Waals surface area contributed by atoms with Crippen molar-refractivity contribution in [3.8, 4) is 0 Å². The number of ether oxygens (including phenoxy) is 2. The lowest BCUT2D eigenvalue weighted by atomic mass is 10.1. The van der Waals surface area contributed by atoms with Crippen LogP contribution in [0.2, 0.25) is 0 Å². The predicted octanol–water partition coefficient (Wildman–Crippen LogP) is 1.41. The van der Waals surface area contributed by atoms with Gasteiger partial charge in [0.05, 0.1) is 13.2 Å². The molecular weight excluding hydrogens is 183 g/mol. The zero-order valence-electron chi connectivity index (χ0n) is 7.62. The number of rotatable bonds is 1. The maximum atomic E-state index is 5.55. The van der Waals surface area contributed by atoms with Gasteiger partial charge < -0.3 is 9.47 Å². The average Bonchev–Trinajstić information content (AvgIpc) is 2.54. The summed E-state index contributed by atoms with van der Waals surface area (Å²) < 4.78 is 11.1. The van der Waals surface area contributed by atoms with Crippen LogP contribution in [0.15, 0.2) is 24.3 Å². The molecule has 13 heavy (non-hydrogen) atoms. The standard InChI is InChI=1S/C10H13O2P/c1-10(11-5-6-12-10)8-3-2-4-9(13)7-8/h2-4,7H,5-6,13H2,1H3. The Labute approximate surface area is 80.4 Å². The minimum atomic E-state index is -0.535. The normalized spacial score (nSPS) is 20.5. The molecule has 2 nitrogen and oxygen atoms in total. The molecule has 0 aromatic heterocycles. The highest BCUT2D eigenvalue weighted by molar-refractivity contribution is 7.27. The zero-order chi connectivity index (χ0) is 9.31. The van der Waals surface area contributed by atoms with Crippen molar-refractivity contribution >= 4 is 14.5 Å². The zero-order valence-corrected chi connectivity index (χ0v) is 8.77. The van der Waals surface area contributed by atoms with Gasteiger partial charge in [-0.1, -0.05) is 18.2 Å². The van der Waals surface area contributed by atoms with Gasteiger partial charge in [-0.3, -0.25) is 0 Å². The van der Waals surface area contributed by atoms with E-state index in [-0.39, 0.29) is 0 Å². The molecule has 70 valence electrons. The van der Waals surface area contributed by atoms with Crippen LogP contribution in [-0.2, 0) is 15.3 Å². The quantitative estimate of drug-likeness (QED) is 0.632. The SMILES string of the molecule is CC1(c2cccc(P)c2)OCCO1. The summed E-state index contributed by atoms with van der Waals surface area (Å²) in [6, 6.07) is 8.13. The van der Waals surface area contributed by atoms with E-state index in [0.717, 1.165) is 10.9 Å². The number of benzene rings is 1. The topological polar surface area (TPSA) is 18.5 Å². The van der Waals surface area contributed by atoms with Gasteiger partial charge >= 0.3 is 0 Å². The third-order valence-corrected chi connectivity index (χ3v) is 2.61. The van der Waals surface area contributed by atoms with Gasteiger partial charge in [0.15, 0.2) is 5.79 Å². The monoisotopic (exact) mass is 196 g/mol. The molecule has 0 N–H and O–H groups in total. The Hall–Kier alpha value is -0.430. The van der Waals surface area contributed by atoms with Crippen molar-refractivity contribution in [1.29, 1.82) is 0 Å². The lowest BCUT2D eigenvalue weighted by molar-refractivity contribution is -0.149. The van der Waals surface area contributed by atoms with Gasteiger partial charge in [-0.25, -0.2) is 0 Å². The molecule has 0 bridgehead atoms. The Bertz CT molecular complexity index is 306. The second-order valence-corrected chi connectivity index (χ2v) is 3.93. The van der Waals surface area contributed by atoms with E-state index >= 15 is 0 Å². The highest BCUT2D eigenvalue weighted by Gasteiger charge is 2.32. The van der Waals surface area contributed by atoms with E-state index < -0.39 is 5.79 Å². The molecule has 0 aliphatic carbocycles. The van der Waals surface area contributed by atoms with E-state index in [2.05, 4.69) is 15.3 Å². The molecule has 1 atom stereocenters. The fraction of sp³-hybridized carbons (Fsp3) is 0.400. The fourth-order valence-electron chi connectivity index (χ4n) is 1.50. The minimum absolute atomic E-state index is 0.535. The highest BCUT2D eigenvalue weighted by Crippen LogP contribution is 2.30. The highest BCUT2D eigenvalue weighted by atomic mass is 31.0. The first-order valence-corrected chi connectivity index (χ1v) is 4.92. The molecule has 1 aliphatic rings. The Kier molecular flexibility index (Phi) is 2.37. The largest absolute Gasteiger partial charge is 0.344 e. The Morgan fingerprint density at radius 1 is 1.31 bits per heavy atom. The molecule has 1 heterocycles. The van der Waals surface area contributed by atoms with Gasteiger partial charge in [0.2, 0.25) is 0 Å². The summed E-state index contributed by atoms with van der Waals surface area (Å²) in [5.74, 6) is -0.535. The lowest BCUT2D eigenvalue weighted by Gasteiger charge is -2.22. The van der Waals surface area contributed by atoms with Gasteiger partial charge in [0.25, 0.3) is 0 Å². The van der Waals surface area contributed by atoms with Crippen molar-refractivity contribution in [3.05, 3.63) is 29.8 Å². The van der Waals surface area contributed by atoms with E-state index in [1.807, 2.05) is 25.1 Å². The summed E-state index contributed by atoms with van der Waals surface area (Å²) in [5, 5.41) is 1.15. The molecule has 0 radical (unpaired) electrons. The van der Waals surface area contributed by atoms with Crippen molar-refractivity contribution in [3.63, 3.8) is 0 Å². The van der Waals surface area contributed by atoms with E-state index in [1.54, 1.807) is 0 Å². The van der Waals surface area contributed by atoms with Gasteiger partial charge in [-0.15, -0.1) is 9.24 Å². The Balaban J connectivity index is 2.33. The van der Waals surface area contributed by atoms with Crippen LogP contribution in [0.3, 0.4) is 0 Å². The summed E-state index contributed by atoms with van der Waals surface area (Å²) in [6.07, 6.45) is 0. The third-order valence-electron chi connectivity index (χ3n) is 2.25. The van der Waals surface area contributed by atoms with Crippen molar-refractivity contribution in [2.24, 2.45) is 0 Å². The summed E-state index contributed by atoms with van der Waals surface area (Å²) in [4.78, 5) is 0. The van der Waals surface area contributed by atoms with Gasteiger partial charge in [-0.2, -0.15) is 0 Å². The van der Waals surface area contributed by atoms with Gasteiger partial charge in [0, 0.05) is 5.56 Å². The summed E-state index contributed by atoms with van der Waals surface area (Å²) in [5.41, 5.74) is 1.08. The fourth-order valence-corrected chi connectivity index (χ4v) is 1.79. The second-order valence-electron chi connectivity index (χ2n) is 3.27. The van der Waals surface area contributed by atoms with E-state index in [1.165, 1.54) is 0 Å². The molecule has 3 heteroatoms. The smallest absolute Gasteiger partial charge is 0.192 e. The van der Waals surface area contributed by atoms with Crippen LogP contribution in [-0.4, -0.2) is 13.2 Å². The number of hydrogen-bond acceptors (Lipinski definition) is 2. The lowest BCUT2D eigenvalue weighted by Crippen LogP contribution is -2.23. The second kappa shape index (κ2) is 3.38. The molecule has 1 saturated heterocycles. The van der Waals surface area contributed by atoms with Crippen LogP contribution in [0.25, 0.3) is 0 Å².